The molecule has 0 radical (unpaired) electrons. The van der Waals surface area contributed by atoms with Crippen LogP contribution in [0.1, 0.15) is 24.6 Å². The van der Waals surface area contributed by atoms with E-state index in [1.807, 2.05) is 29.2 Å². The Morgan fingerprint density at radius 2 is 2.20 bits per heavy atom. The van der Waals surface area contributed by atoms with Crippen LogP contribution in [0.15, 0.2) is 36.7 Å². The fraction of sp³-hybridized carbons (Fsp3) is 0.353. The minimum Gasteiger partial charge on any atom is -0.372 e. The average molecular weight is 337 g/mol. The molecule has 3 heterocycles. The number of fused-ring (bicyclic) bond motifs is 1. The molecular formula is C17H19N7O. The fourth-order valence-electron chi connectivity index (χ4n) is 3.29. The average Bonchev–Trinajstić information content (AvgIpc) is 3.29. The lowest BCUT2D eigenvalue weighted by Crippen LogP contribution is -2.34. The third kappa shape index (κ3) is 2.90. The maximum Gasteiger partial charge on any atom is 0.244 e. The Morgan fingerprint density at radius 1 is 1.32 bits per heavy atom. The van der Waals surface area contributed by atoms with Crippen molar-refractivity contribution in [3.63, 3.8) is 0 Å². The standard InChI is InChI=1S/C17H19N7O/c1-18-16-10-19-9-13(20-16)14-7-4-8-23(14)17(25)11-24-15-6-3-2-5-12(15)21-22-24/h2-3,5-6,9-10,14H,4,7-8,11H2,1H3,(H,18,20)/t14-/m1/s1. The van der Waals surface area contributed by atoms with E-state index in [4.69, 9.17) is 0 Å². The summed E-state index contributed by atoms with van der Waals surface area (Å²) >= 11 is 0. The molecule has 0 unspecified atom stereocenters. The molecule has 25 heavy (non-hydrogen) atoms. The first kappa shape index (κ1) is 15.5. The Kier molecular flexibility index (Phi) is 4.01. The van der Waals surface area contributed by atoms with Crippen molar-refractivity contribution in [2.75, 3.05) is 18.9 Å². The second-order valence-electron chi connectivity index (χ2n) is 6.06. The number of likely N-dealkylation sites (tertiary alicyclic amines) is 1. The second-order valence-corrected chi connectivity index (χ2v) is 6.06. The molecule has 1 atom stereocenters. The number of anilines is 1. The van der Waals surface area contributed by atoms with Crippen LogP contribution in [0.2, 0.25) is 0 Å². The third-order valence-corrected chi connectivity index (χ3v) is 4.53. The van der Waals surface area contributed by atoms with Crippen molar-refractivity contribution in [3.8, 4) is 0 Å². The van der Waals surface area contributed by atoms with Gasteiger partial charge in [0.25, 0.3) is 0 Å². The van der Waals surface area contributed by atoms with E-state index in [2.05, 4.69) is 25.6 Å². The Balaban J connectivity index is 1.56. The van der Waals surface area contributed by atoms with Gasteiger partial charge in [0, 0.05) is 13.6 Å². The zero-order valence-electron chi connectivity index (χ0n) is 14.0. The van der Waals surface area contributed by atoms with Gasteiger partial charge in [-0.05, 0) is 25.0 Å². The highest BCUT2D eigenvalue weighted by atomic mass is 16.2. The molecule has 2 aromatic heterocycles. The predicted octanol–water partition coefficient (Wildman–Crippen LogP) is 1.63. The summed E-state index contributed by atoms with van der Waals surface area (Å²) in [5, 5.41) is 11.2. The van der Waals surface area contributed by atoms with Crippen LogP contribution in [0, 0.1) is 0 Å². The molecule has 3 aromatic rings. The molecule has 1 saturated heterocycles. The topological polar surface area (TPSA) is 88.8 Å². The number of nitrogens with one attached hydrogen (secondary N) is 1. The van der Waals surface area contributed by atoms with Crippen LogP contribution in [-0.4, -0.2) is 49.4 Å². The molecule has 128 valence electrons. The number of aromatic nitrogens is 5. The first-order valence-corrected chi connectivity index (χ1v) is 8.33. The van der Waals surface area contributed by atoms with Gasteiger partial charge >= 0.3 is 0 Å². The summed E-state index contributed by atoms with van der Waals surface area (Å²) in [4.78, 5) is 23.5. The molecule has 1 N–H and O–H groups in total. The molecule has 0 saturated carbocycles. The quantitative estimate of drug-likeness (QED) is 0.778. The molecule has 1 aliphatic heterocycles. The maximum absolute atomic E-state index is 12.9. The molecule has 0 spiro atoms. The Bertz CT molecular complexity index is 907. The summed E-state index contributed by atoms with van der Waals surface area (Å²) in [6.07, 6.45) is 5.26. The summed E-state index contributed by atoms with van der Waals surface area (Å²) in [6, 6.07) is 7.60. The van der Waals surface area contributed by atoms with Crippen molar-refractivity contribution >= 4 is 22.8 Å². The van der Waals surface area contributed by atoms with E-state index < -0.39 is 0 Å². The van der Waals surface area contributed by atoms with Gasteiger partial charge in [0.05, 0.1) is 29.6 Å². The van der Waals surface area contributed by atoms with Crippen LogP contribution >= 0.6 is 0 Å². The first-order valence-electron chi connectivity index (χ1n) is 8.33. The normalized spacial score (nSPS) is 17.2. The number of carbonyl (C=O) groups is 1. The van der Waals surface area contributed by atoms with Crippen LogP contribution in [0.4, 0.5) is 5.82 Å². The van der Waals surface area contributed by atoms with Crippen LogP contribution in [0.3, 0.4) is 0 Å². The van der Waals surface area contributed by atoms with Crippen molar-refractivity contribution < 1.29 is 4.79 Å². The fourth-order valence-corrected chi connectivity index (χ4v) is 3.29. The number of para-hydroxylation sites is 1. The molecule has 1 aliphatic rings. The lowest BCUT2D eigenvalue weighted by atomic mass is 10.1. The number of hydrogen-bond donors (Lipinski definition) is 1. The Hall–Kier alpha value is -3.03. The van der Waals surface area contributed by atoms with Crippen molar-refractivity contribution in [3.05, 3.63) is 42.4 Å². The molecule has 8 heteroatoms. The van der Waals surface area contributed by atoms with Crippen LogP contribution in [0.5, 0.6) is 0 Å². The van der Waals surface area contributed by atoms with E-state index in [1.54, 1.807) is 24.1 Å². The molecule has 1 fully saturated rings. The van der Waals surface area contributed by atoms with Crippen molar-refractivity contribution in [1.29, 1.82) is 0 Å². The van der Waals surface area contributed by atoms with Crippen molar-refractivity contribution in [1.82, 2.24) is 29.9 Å². The summed E-state index contributed by atoms with van der Waals surface area (Å²) in [6.45, 7) is 0.901. The summed E-state index contributed by atoms with van der Waals surface area (Å²) in [7, 11) is 1.81. The lowest BCUT2D eigenvalue weighted by molar-refractivity contribution is -0.133. The van der Waals surface area contributed by atoms with Gasteiger partial charge in [-0.3, -0.25) is 9.78 Å². The van der Waals surface area contributed by atoms with Gasteiger partial charge in [-0.1, -0.05) is 17.3 Å². The largest absolute Gasteiger partial charge is 0.372 e. The summed E-state index contributed by atoms with van der Waals surface area (Å²) < 4.78 is 1.66. The van der Waals surface area contributed by atoms with E-state index in [9.17, 15) is 4.79 Å². The number of amides is 1. The number of rotatable bonds is 4. The number of carbonyl (C=O) groups excluding carboxylic acids is 1. The molecule has 0 bridgehead atoms. The minimum atomic E-state index is -0.0388. The van der Waals surface area contributed by atoms with Gasteiger partial charge in [0.2, 0.25) is 5.91 Å². The monoisotopic (exact) mass is 337 g/mol. The van der Waals surface area contributed by atoms with Gasteiger partial charge in [0.1, 0.15) is 17.9 Å². The SMILES string of the molecule is CNc1cncc([C@H]2CCCN2C(=O)Cn2nnc3ccccc32)n1. The van der Waals surface area contributed by atoms with E-state index >= 15 is 0 Å². The van der Waals surface area contributed by atoms with Crippen LogP contribution in [-0.2, 0) is 11.3 Å². The van der Waals surface area contributed by atoms with Crippen LogP contribution in [0.25, 0.3) is 11.0 Å². The second kappa shape index (κ2) is 6.46. The molecular weight excluding hydrogens is 318 g/mol. The zero-order valence-corrected chi connectivity index (χ0v) is 14.0. The molecule has 8 nitrogen and oxygen atoms in total. The van der Waals surface area contributed by atoms with Crippen LogP contribution < -0.4 is 5.32 Å². The van der Waals surface area contributed by atoms with Gasteiger partial charge in [0.15, 0.2) is 0 Å². The number of nitrogens with zero attached hydrogens (tertiary/aromatic N) is 6. The summed E-state index contributed by atoms with van der Waals surface area (Å²) in [5.74, 6) is 0.730. The Labute approximate surface area is 144 Å². The first-order chi connectivity index (χ1) is 12.3. The minimum absolute atomic E-state index is 0.0230. The highest BCUT2D eigenvalue weighted by Gasteiger charge is 2.31. The van der Waals surface area contributed by atoms with E-state index in [0.717, 1.165) is 36.1 Å². The molecule has 4 rings (SSSR count). The summed E-state index contributed by atoms with van der Waals surface area (Å²) in [5.41, 5.74) is 2.48. The van der Waals surface area contributed by atoms with Crippen molar-refractivity contribution in [2.45, 2.75) is 25.4 Å². The van der Waals surface area contributed by atoms with E-state index in [1.165, 1.54) is 0 Å². The van der Waals surface area contributed by atoms with Crippen molar-refractivity contribution in [2.24, 2.45) is 0 Å². The molecule has 1 amide bonds. The molecule has 0 aliphatic carbocycles. The highest BCUT2D eigenvalue weighted by molar-refractivity contribution is 5.80. The van der Waals surface area contributed by atoms with Gasteiger partial charge < -0.3 is 10.2 Å². The predicted molar refractivity (Wildman–Crippen MR) is 92.8 cm³/mol. The third-order valence-electron chi connectivity index (χ3n) is 4.53. The maximum atomic E-state index is 12.9. The van der Waals surface area contributed by atoms with E-state index in [-0.39, 0.29) is 18.5 Å². The zero-order chi connectivity index (χ0) is 17.2. The van der Waals surface area contributed by atoms with Gasteiger partial charge in [-0.25, -0.2) is 9.67 Å². The van der Waals surface area contributed by atoms with E-state index in [0.29, 0.717) is 5.82 Å². The number of benzene rings is 1. The lowest BCUT2D eigenvalue weighted by Gasteiger charge is -2.24. The van der Waals surface area contributed by atoms with Gasteiger partial charge in [-0.15, -0.1) is 5.10 Å². The number of hydrogen-bond acceptors (Lipinski definition) is 6. The smallest absolute Gasteiger partial charge is 0.244 e. The molecule has 1 aromatic carbocycles. The highest BCUT2D eigenvalue weighted by Crippen LogP contribution is 2.31. The van der Waals surface area contributed by atoms with Gasteiger partial charge in [-0.2, -0.15) is 0 Å². The Morgan fingerprint density at radius 3 is 3.08 bits per heavy atom.